The molecule has 0 radical (unpaired) electrons. The van der Waals surface area contributed by atoms with E-state index in [1.165, 1.54) is 12.7 Å². The van der Waals surface area contributed by atoms with E-state index in [1.807, 2.05) is 18.2 Å². The van der Waals surface area contributed by atoms with Crippen LogP contribution in [0.3, 0.4) is 0 Å². The molecule has 0 fully saturated rings. The zero-order valence-corrected chi connectivity index (χ0v) is 12.2. The molecule has 3 N–H and O–H groups in total. The number of hydrogen-bond acceptors (Lipinski definition) is 5. The molecule has 0 spiro atoms. The van der Waals surface area contributed by atoms with Gasteiger partial charge in [-0.1, -0.05) is 31.5 Å². The highest BCUT2D eigenvalue weighted by Crippen LogP contribution is 2.25. The van der Waals surface area contributed by atoms with Crippen molar-refractivity contribution < 1.29 is 9.53 Å². The summed E-state index contributed by atoms with van der Waals surface area (Å²) in [5.41, 5.74) is 8.76. The molecular formula is C16H19N3O2. The SMILES string of the molecule is CCCc1ccccc1Nc1nc(C(=O)OC)ccc1N. The van der Waals surface area contributed by atoms with Crippen molar-refractivity contribution in [2.75, 3.05) is 18.2 Å². The summed E-state index contributed by atoms with van der Waals surface area (Å²) in [6, 6.07) is 11.2. The van der Waals surface area contributed by atoms with Crippen LogP contribution in [0.1, 0.15) is 29.4 Å². The predicted octanol–water partition coefficient (Wildman–Crippen LogP) is 3.15. The Kier molecular flexibility index (Phi) is 4.77. The molecule has 0 aliphatic carbocycles. The van der Waals surface area contributed by atoms with Crippen molar-refractivity contribution in [2.45, 2.75) is 19.8 Å². The topological polar surface area (TPSA) is 77.2 Å². The summed E-state index contributed by atoms with van der Waals surface area (Å²) < 4.78 is 4.67. The van der Waals surface area contributed by atoms with Crippen molar-refractivity contribution in [1.82, 2.24) is 4.98 Å². The van der Waals surface area contributed by atoms with E-state index in [1.54, 1.807) is 12.1 Å². The zero-order valence-electron chi connectivity index (χ0n) is 12.2. The molecule has 5 heteroatoms. The first-order valence-electron chi connectivity index (χ1n) is 6.85. The van der Waals surface area contributed by atoms with Crippen LogP contribution in [0, 0.1) is 0 Å². The van der Waals surface area contributed by atoms with Gasteiger partial charge >= 0.3 is 5.97 Å². The number of carbonyl (C=O) groups is 1. The largest absolute Gasteiger partial charge is 0.464 e. The van der Waals surface area contributed by atoms with E-state index in [9.17, 15) is 4.79 Å². The molecule has 2 rings (SSSR count). The molecule has 0 amide bonds. The maximum atomic E-state index is 11.5. The molecule has 1 heterocycles. The highest BCUT2D eigenvalue weighted by molar-refractivity contribution is 5.88. The van der Waals surface area contributed by atoms with Gasteiger partial charge < -0.3 is 15.8 Å². The van der Waals surface area contributed by atoms with Crippen molar-refractivity contribution in [2.24, 2.45) is 0 Å². The normalized spacial score (nSPS) is 10.2. The van der Waals surface area contributed by atoms with Crippen LogP contribution in [0.15, 0.2) is 36.4 Å². The van der Waals surface area contributed by atoms with Crippen LogP contribution in [0.25, 0.3) is 0 Å². The molecule has 5 nitrogen and oxygen atoms in total. The van der Waals surface area contributed by atoms with Gasteiger partial charge in [-0.05, 0) is 30.2 Å². The van der Waals surface area contributed by atoms with Gasteiger partial charge in [-0.2, -0.15) is 0 Å². The summed E-state index contributed by atoms with van der Waals surface area (Å²) >= 11 is 0. The number of para-hydroxylation sites is 1. The lowest BCUT2D eigenvalue weighted by Gasteiger charge is -2.13. The number of nitrogen functional groups attached to an aromatic ring is 1. The number of methoxy groups -OCH3 is 1. The third-order valence-corrected chi connectivity index (χ3v) is 3.11. The molecule has 1 aromatic heterocycles. The second-order valence-corrected chi connectivity index (χ2v) is 4.66. The summed E-state index contributed by atoms with van der Waals surface area (Å²) in [7, 11) is 1.32. The fraction of sp³-hybridized carbons (Fsp3) is 0.250. The lowest BCUT2D eigenvalue weighted by molar-refractivity contribution is 0.0594. The number of carbonyl (C=O) groups excluding carboxylic acids is 1. The van der Waals surface area contributed by atoms with E-state index in [2.05, 4.69) is 28.0 Å². The maximum Gasteiger partial charge on any atom is 0.356 e. The minimum Gasteiger partial charge on any atom is -0.464 e. The number of nitrogens with zero attached hydrogens (tertiary/aromatic N) is 1. The van der Waals surface area contributed by atoms with E-state index in [0.29, 0.717) is 11.5 Å². The number of benzene rings is 1. The van der Waals surface area contributed by atoms with Crippen LogP contribution < -0.4 is 11.1 Å². The van der Waals surface area contributed by atoms with Gasteiger partial charge in [0.2, 0.25) is 0 Å². The highest BCUT2D eigenvalue weighted by atomic mass is 16.5. The second-order valence-electron chi connectivity index (χ2n) is 4.66. The molecule has 0 aliphatic rings. The molecule has 0 bridgehead atoms. The van der Waals surface area contributed by atoms with Crippen LogP contribution >= 0.6 is 0 Å². The predicted molar refractivity (Wildman–Crippen MR) is 83.7 cm³/mol. The smallest absolute Gasteiger partial charge is 0.356 e. The van der Waals surface area contributed by atoms with Gasteiger partial charge in [-0.3, -0.25) is 0 Å². The fourth-order valence-corrected chi connectivity index (χ4v) is 2.05. The maximum absolute atomic E-state index is 11.5. The Morgan fingerprint density at radius 1 is 1.29 bits per heavy atom. The van der Waals surface area contributed by atoms with E-state index in [4.69, 9.17) is 5.73 Å². The van der Waals surface area contributed by atoms with Gasteiger partial charge in [0, 0.05) is 5.69 Å². The van der Waals surface area contributed by atoms with Gasteiger partial charge in [0.15, 0.2) is 11.5 Å². The van der Waals surface area contributed by atoms with Crippen LogP contribution in [0.2, 0.25) is 0 Å². The fourth-order valence-electron chi connectivity index (χ4n) is 2.05. The molecule has 0 saturated carbocycles. The Hall–Kier alpha value is -2.56. The number of ether oxygens (including phenoxy) is 1. The molecule has 21 heavy (non-hydrogen) atoms. The molecule has 110 valence electrons. The Morgan fingerprint density at radius 3 is 2.76 bits per heavy atom. The second kappa shape index (κ2) is 6.74. The van der Waals surface area contributed by atoms with E-state index < -0.39 is 5.97 Å². The lowest BCUT2D eigenvalue weighted by atomic mass is 10.1. The van der Waals surface area contributed by atoms with E-state index >= 15 is 0 Å². The van der Waals surface area contributed by atoms with Crippen molar-refractivity contribution in [3.63, 3.8) is 0 Å². The number of rotatable bonds is 5. The number of aromatic nitrogens is 1. The number of esters is 1. The third-order valence-electron chi connectivity index (χ3n) is 3.11. The number of nitrogens with two attached hydrogens (primary N) is 1. The average molecular weight is 285 g/mol. The van der Waals surface area contributed by atoms with E-state index in [0.717, 1.165) is 18.5 Å². The van der Waals surface area contributed by atoms with Crippen LogP contribution in [0.4, 0.5) is 17.2 Å². The molecule has 0 atom stereocenters. The molecule has 0 unspecified atom stereocenters. The first-order chi connectivity index (χ1) is 10.2. The molecule has 1 aromatic carbocycles. The van der Waals surface area contributed by atoms with Gasteiger partial charge in [0.25, 0.3) is 0 Å². The number of aryl methyl sites for hydroxylation is 1. The molecule has 2 aromatic rings. The van der Waals surface area contributed by atoms with Crippen LogP contribution in [-0.4, -0.2) is 18.1 Å². The van der Waals surface area contributed by atoms with Crippen molar-refractivity contribution in [3.8, 4) is 0 Å². The third kappa shape index (κ3) is 3.51. The summed E-state index contributed by atoms with van der Waals surface area (Å²) in [6.45, 7) is 2.13. The summed E-state index contributed by atoms with van der Waals surface area (Å²) in [6.07, 6.45) is 2.00. The highest BCUT2D eigenvalue weighted by Gasteiger charge is 2.11. The van der Waals surface area contributed by atoms with Gasteiger partial charge in [0.1, 0.15) is 0 Å². The molecular weight excluding hydrogens is 266 g/mol. The Morgan fingerprint density at radius 2 is 2.05 bits per heavy atom. The van der Waals surface area contributed by atoms with Gasteiger partial charge in [-0.25, -0.2) is 9.78 Å². The molecule has 0 aliphatic heterocycles. The number of nitrogens with one attached hydrogen (secondary N) is 1. The van der Waals surface area contributed by atoms with E-state index in [-0.39, 0.29) is 5.69 Å². The Labute approximate surface area is 124 Å². The number of anilines is 3. The summed E-state index contributed by atoms with van der Waals surface area (Å²) in [5.74, 6) is -0.0265. The molecule has 0 saturated heterocycles. The van der Waals surface area contributed by atoms with Crippen molar-refractivity contribution in [3.05, 3.63) is 47.7 Å². The zero-order chi connectivity index (χ0) is 15.2. The number of hydrogen-bond donors (Lipinski definition) is 2. The standard InChI is InChI=1S/C16H19N3O2/c1-3-6-11-7-4-5-8-13(11)18-15-12(17)9-10-14(19-15)16(20)21-2/h4-5,7-10H,3,6,17H2,1-2H3,(H,18,19). The summed E-state index contributed by atoms with van der Waals surface area (Å²) in [4.78, 5) is 15.8. The number of pyridine rings is 1. The van der Waals surface area contributed by atoms with Crippen molar-refractivity contribution >= 4 is 23.2 Å². The quantitative estimate of drug-likeness (QED) is 0.825. The lowest BCUT2D eigenvalue weighted by Crippen LogP contribution is -2.08. The Bertz CT molecular complexity index is 641. The van der Waals surface area contributed by atoms with Crippen LogP contribution in [-0.2, 0) is 11.2 Å². The monoisotopic (exact) mass is 285 g/mol. The first kappa shape index (κ1) is 14.8. The van der Waals surface area contributed by atoms with Crippen LogP contribution in [0.5, 0.6) is 0 Å². The minimum absolute atomic E-state index is 0.224. The Balaban J connectivity index is 2.33. The van der Waals surface area contributed by atoms with Crippen molar-refractivity contribution in [1.29, 1.82) is 0 Å². The van der Waals surface area contributed by atoms with Gasteiger partial charge in [-0.15, -0.1) is 0 Å². The minimum atomic E-state index is -0.486. The summed E-state index contributed by atoms with van der Waals surface area (Å²) in [5, 5.41) is 3.20. The average Bonchev–Trinajstić information content (AvgIpc) is 2.51. The first-order valence-corrected chi connectivity index (χ1v) is 6.85. The van der Waals surface area contributed by atoms with Gasteiger partial charge in [0.05, 0.1) is 12.8 Å².